The number of hydrogen-bond donors (Lipinski definition) is 2. The van der Waals surface area contributed by atoms with Crippen LogP contribution in [-0.2, 0) is 0 Å². The van der Waals surface area contributed by atoms with Crippen molar-refractivity contribution in [3.05, 3.63) is 42.4 Å². The summed E-state index contributed by atoms with van der Waals surface area (Å²) in [6.07, 6.45) is 1.48. The number of hydrogen-bond acceptors (Lipinski definition) is 8. The Balaban J connectivity index is 1.59. The van der Waals surface area contributed by atoms with Crippen LogP contribution in [0.4, 0.5) is 11.5 Å². The highest BCUT2D eigenvalue weighted by molar-refractivity contribution is 5.85. The maximum atomic E-state index is 9.10. The van der Waals surface area contributed by atoms with Crippen LogP contribution in [0.15, 0.2) is 36.7 Å². The van der Waals surface area contributed by atoms with Gasteiger partial charge < -0.3 is 20.5 Å². The second-order valence-corrected chi connectivity index (χ2v) is 6.85. The fraction of sp³-hybridized carbons (Fsp3) is 0.350. The normalized spacial score (nSPS) is 15.1. The molecule has 8 heteroatoms. The molecular formula is C20H24N6O2. The maximum absolute atomic E-state index is 9.10. The third kappa shape index (κ3) is 3.69. The summed E-state index contributed by atoms with van der Waals surface area (Å²) in [5.74, 6) is 1.63. The molecule has 1 aliphatic rings. The highest BCUT2D eigenvalue weighted by Gasteiger charge is 2.22. The van der Waals surface area contributed by atoms with E-state index in [2.05, 4.69) is 24.8 Å². The van der Waals surface area contributed by atoms with Crippen molar-refractivity contribution in [3.8, 4) is 11.6 Å². The summed E-state index contributed by atoms with van der Waals surface area (Å²) in [7, 11) is 0. The summed E-state index contributed by atoms with van der Waals surface area (Å²) in [6.45, 7) is 6.09. The number of pyridine rings is 1. The average Bonchev–Trinajstić information content (AvgIpc) is 2.71. The zero-order valence-electron chi connectivity index (χ0n) is 15.9. The van der Waals surface area contributed by atoms with Crippen LogP contribution in [0.2, 0.25) is 0 Å². The molecule has 8 nitrogen and oxygen atoms in total. The first-order valence-corrected chi connectivity index (χ1v) is 9.38. The number of rotatable bonds is 5. The number of aromatic nitrogens is 3. The van der Waals surface area contributed by atoms with Gasteiger partial charge in [0, 0.05) is 43.8 Å². The van der Waals surface area contributed by atoms with Crippen LogP contribution in [0, 0.1) is 6.92 Å². The highest BCUT2D eigenvalue weighted by Crippen LogP contribution is 2.34. The Bertz CT molecular complexity index is 972. The molecule has 0 aliphatic carbocycles. The van der Waals surface area contributed by atoms with Gasteiger partial charge in [0.25, 0.3) is 0 Å². The van der Waals surface area contributed by atoms with Crippen molar-refractivity contribution in [1.82, 2.24) is 19.9 Å². The number of fused-ring (bicyclic) bond motifs is 1. The third-order valence-corrected chi connectivity index (χ3v) is 4.94. The van der Waals surface area contributed by atoms with Gasteiger partial charge in [-0.1, -0.05) is 18.2 Å². The Morgan fingerprint density at radius 1 is 1.11 bits per heavy atom. The molecule has 1 fully saturated rings. The number of anilines is 2. The van der Waals surface area contributed by atoms with Gasteiger partial charge in [0.05, 0.1) is 6.61 Å². The van der Waals surface area contributed by atoms with Crippen molar-refractivity contribution < 1.29 is 9.84 Å². The standard InChI is InChI=1S/C20H24N6O2/c1-14-5-6-15-3-2-4-16(18(15)24-14)28-20-17(21)19(22-13-23-20)26-9-7-25(8-10-26)11-12-27/h2-6,13,27H,7-12,21H2,1H3. The average molecular weight is 380 g/mol. The lowest BCUT2D eigenvalue weighted by Crippen LogP contribution is -2.47. The topological polar surface area (TPSA) is 101 Å². The van der Waals surface area contributed by atoms with Crippen molar-refractivity contribution >= 4 is 22.4 Å². The molecule has 0 atom stereocenters. The molecule has 0 amide bonds. The zero-order chi connectivity index (χ0) is 19.5. The lowest BCUT2D eigenvalue weighted by Gasteiger charge is -2.35. The minimum Gasteiger partial charge on any atom is -0.435 e. The van der Waals surface area contributed by atoms with Crippen molar-refractivity contribution in [3.63, 3.8) is 0 Å². The van der Waals surface area contributed by atoms with E-state index in [1.165, 1.54) is 6.33 Å². The Labute approximate surface area is 163 Å². The molecule has 0 saturated carbocycles. The molecule has 0 radical (unpaired) electrons. The van der Waals surface area contributed by atoms with E-state index in [0.717, 1.165) is 42.8 Å². The summed E-state index contributed by atoms with van der Waals surface area (Å²) in [6, 6.07) is 9.77. The number of β-amino-alcohol motifs (C(OH)–C–C–N with tert-alkyl or cyclic N) is 1. The van der Waals surface area contributed by atoms with Crippen LogP contribution in [-0.4, -0.2) is 64.3 Å². The summed E-state index contributed by atoms with van der Waals surface area (Å²) < 4.78 is 6.06. The molecular weight excluding hydrogens is 356 g/mol. The Morgan fingerprint density at radius 2 is 1.93 bits per heavy atom. The lowest BCUT2D eigenvalue weighted by molar-refractivity contribution is 0.188. The first kappa shape index (κ1) is 18.4. The second kappa shape index (κ2) is 7.95. The molecule has 146 valence electrons. The number of aryl methyl sites for hydroxylation is 1. The number of para-hydroxylation sites is 1. The molecule has 28 heavy (non-hydrogen) atoms. The summed E-state index contributed by atoms with van der Waals surface area (Å²) in [4.78, 5) is 17.6. The lowest BCUT2D eigenvalue weighted by atomic mass is 10.2. The molecule has 4 rings (SSSR count). The molecule has 3 N–H and O–H groups in total. The number of nitrogens with two attached hydrogens (primary N) is 1. The molecule has 1 aliphatic heterocycles. The molecule has 0 spiro atoms. The van der Waals surface area contributed by atoms with Gasteiger partial charge in [-0.3, -0.25) is 4.90 Å². The van der Waals surface area contributed by atoms with Gasteiger partial charge in [0.1, 0.15) is 17.5 Å². The number of piperazine rings is 1. The first-order chi connectivity index (χ1) is 13.7. The fourth-order valence-corrected chi connectivity index (χ4v) is 3.43. The largest absolute Gasteiger partial charge is 0.435 e. The number of nitrogen functional groups attached to an aromatic ring is 1. The smallest absolute Gasteiger partial charge is 0.248 e. The molecule has 1 saturated heterocycles. The van der Waals surface area contributed by atoms with Crippen LogP contribution in [0.5, 0.6) is 11.6 Å². The van der Waals surface area contributed by atoms with Crippen molar-refractivity contribution in [2.45, 2.75) is 6.92 Å². The van der Waals surface area contributed by atoms with Gasteiger partial charge >= 0.3 is 0 Å². The Kier molecular flexibility index (Phi) is 5.23. The second-order valence-electron chi connectivity index (χ2n) is 6.85. The number of benzene rings is 1. The van der Waals surface area contributed by atoms with E-state index in [9.17, 15) is 0 Å². The van der Waals surface area contributed by atoms with Gasteiger partial charge in [0.15, 0.2) is 11.6 Å². The molecule has 0 unspecified atom stereocenters. The van der Waals surface area contributed by atoms with E-state index in [1.54, 1.807) is 0 Å². The predicted molar refractivity (Wildman–Crippen MR) is 109 cm³/mol. The maximum Gasteiger partial charge on any atom is 0.248 e. The highest BCUT2D eigenvalue weighted by atomic mass is 16.5. The minimum atomic E-state index is 0.173. The van der Waals surface area contributed by atoms with E-state index >= 15 is 0 Å². The Hall–Kier alpha value is -2.97. The number of aliphatic hydroxyl groups is 1. The van der Waals surface area contributed by atoms with Crippen LogP contribution >= 0.6 is 0 Å². The van der Waals surface area contributed by atoms with Crippen LogP contribution in [0.1, 0.15) is 5.69 Å². The number of aliphatic hydroxyl groups excluding tert-OH is 1. The minimum absolute atomic E-state index is 0.173. The van der Waals surface area contributed by atoms with E-state index < -0.39 is 0 Å². The molecule has 1 aromatic carbocycles. The van der Waals surface area contributed by atoms with E-state index in [4.69, 9.17) is 15.6 Å². The first-order valence-electron chi connectivity index (χ1n) is 9.38. The summed E-state index contributed by atoms with van der Waals surface area (Å²) >= 11 is 0. The predicted octanol–water partition coefficient (Wildman–Crippen LogP) is 1.82. The SMILES string of the molecule is Cc1ccc2cccc(Oc3ncnc(N4CCN(CCO)CC4)c3N)c2n1. The third-order valence-electron chi connectivity index (χ3n) is 4.94. The van der Waals surface area contributed by atoms with Crippen molar-refractivity contribution in [1.29, 1.82) is 0 Å². The van der Waals surface area contributed by atoms with Crippen LogP contribution in [0.3, 0.4) is 0 Å². The van der Waals surface area contributed by atoms with Gasteiger partial charge in [-0.15, -0.1) is 0 Å². The van der Waals surface area contributed by atoms with E-state index in [1.807, 2.05) is 37.3 Å². The number of ether oxygens (including phenoxy) is 1. The van der Waals surface area contributed by atoms with Crippen molar-refractivity contribution in [2.24, 2.45) is 0 Å². The van der Waals surface area contributed by atoms with Crippen molar-refractivity contribution in [2.75, 3.05) is 50.0 Å². The van der Waals surface area contributed by atoms with E-state index in [-0.39, 0.29) is 6.61 Å². The fourth-order valence-electron chi connectivity index (χ4n) is 3.43. The van der Waals surface area contributed by atoms with E-state index in [0.29, 0.717) is 29.7 Å². The molecule has 0 bridgehead atoms. The quantitative estimate of drug-likeness (QED) is 0.691. The van der Waals surface area contributed by atoms with Gasteiger partial charge in [-0.25, -0.2) is 9.97 Å². The monoisotopic (exact) mass is 380 g/mol. The molecule has 3 aromatic rings. The van der Waals surface area contributed by atoms with Crippen LogP contribution in [0.25, 0.3) is 10.9 Å². The van der Waals surface area contributed by atoms with Gasteiger partial charge in [-0.2, -0.15) is 4.98 Å². The molecule has 2 aromatic heterocycles. The van der Waals surface area contributed by atoms with Crippen LogP contribution < -0.4 is 15.4 Å². The Morgan fingerprint density at radius 3 is 2.71 bits per heavy atom. The summed E-state index contributed by atoms with van der Waals surface area (Å²) in [5, 5.41) is 10.1. The zero-order valence-corrected chi connectivity index (χ0v) is 15.9. The number of nitrogens with zero attached hydrogens (tertiary/aromatic N) is 5. The summed E-state index contributed by atoms with van der Waals surface area (Å²) in [5.41, 5.74) is 8.48. The van der Waals surface area contributed by atoms with Gasteiger partial charge in [-0.05, 0) is 19.1 Å². The molecule has 3 heterocycles. The van der Waals surface area contributed by atoms with Gasteiger partial charge in [0.2, 0.25) is 5.88 Å².